The summed E-state index contributed by atoms with van der Waals surface area (Å²) < 4.78 is 29.7. The van der Waals surface area contributed by atoms with Crippen LogP contribution in [0.4, 0.5) is 0 Å². The average molecular weight is 405 g/mol. The molecule has 1 aliphatic carbocycles. The third-order valence-electron chi connectivity index (χ3n) is 5.15. The molecule has 1 aromatic carbocycles. The average Bonchev–Trinajstić information content (AvgIpc) is 3.20. The Bertz CT molecular complexity index is 888. The fourth-order valence-corrected chi connectivity index (χ4v) is 4.59. The molecule has 1 fully saturated rings. The first-order valence-electron chi connectivity index (χ1n) is 9.82. The predicted molar refractivity (Wildman–Crippen MR) is 108 cm³/mol. The minimum atomic E-state index is -3.66. The van der Waals surface area contributed by atoms with Gasteiger partial charge in [0.25, 0.3) is 5.91 Å². The molecule has 8 heteroatoms. The SMILES string of the molecule is Cc1ccc(S(=O)(=O)NCCCn2ccnc2)cc1C(=O)NC1CCCCC1. The number of carbonyl (C=O) groups is 1. The Kier molecular flexibility index (Phi) is 6.85. The number of hydrogen-bond acceptors (Lipinski definition) is 4. The van der Waals surface area contributed by atoms with Crippen molar-refractivity contribution in [3.05, 3.63) is 48.0 Å². The number of nitrogens with zero attached hydrogens (tertiary/aromatic N) is 2. The molecule has 0 unspecified atom stereocenters. The number of hydrogen-bond donors (Lipinski definition) is 2. The van der Waals surface area contributed by atoms with Crippen molar-refractivity contribution in [2.24, 2.45) is 0 Å². The minimum absolute atomic E-state index is 0.120. The summed E-state index contributed by atoms with van der Waals surface area (Å²) in [4.78, 5) is 16.7. The summed E-state index contributed by atoms with van der Waals surface area (Å²) in [5, 5.41) is 3.06. The molecule has 0 bridgehead atoms. The molecule has 1 aromatic heterocycles. The topological polar surface area (TPSA) is 93.1 Å². The molecule has 1 amide bonds. The standard InChI is InChI=1S/C20H28N4O3S/c1-16-8-9-18(14-19(16)20(25)23-17-6-3-2-4-7-17)28(26,27)22-10-5-12-24-13-11-21-15-24/h8-9,11,13-15,17,22H,2-7,10,12H2,1H3,(H,23,25). The van der Waals surface area contributed by atoms with Crippen LogP contribution in [0.25, 0.3) is 0 Å². The van der Waals surface area contributed by atoms with E-state index in [9.17, 15) is 13.2 Å². The summed E-state index contributed by atoms with van der Waals surface area (Å²) >= 11 is 0. The van der Waals surface area contributed by atoms with E-state index in [1.54, 1.807) is 24.7 Å². The van der Waals surface area contributed by atoms with Gasteiger partial charge >= 0.3 is 0 Å². The molecule has 3 rings (SSSR count). The zero-order chi connectivity index (χ0) is 20.0. The van der Waals surface area contributed by atoms with Gasteiger partial charge in [0.2, 0.25) is 10.0 Å². The van der Waals surface area contributed by atoms with Crippen molar-refractivity contribution in [3.63, 3.8) is 0 Å². The van der Waals surface area contributed by atoms with Crippen LogP contribution in [-0.4, -0.2) is 36.5 Å². The van der Waals surface area contributed by atoms with Crippen LogP contribution in [0, 0.1) is 6.92 Å². The Hall–Kier alpha value is -2.19. The number of benzene rings is 1. The van der Waals surface area contributed by atoms with E-state index < -0.39 is 10.0 Å². The number of amides is 1. The Morgan fingerprint density at radius 2 is 2.04 bits per heavy atom. The number of sulfonamides is 1. The molecule has 0 saturated heterocycles. The lowest BCUT2D eigenvalue weighted by molar-refractivity contribution is 0.0927. The molecule has 0 spiro atoms. The van der Waals surface area contributed by atoms with Crippen molar-refractivity contribution in [1.82, 2.24) is 19.6 Å². The molecule has 1 heterocycles. The van der Waals surface area contributed by atoms with Crippen molar-refractivity contribution in [3.8, 4) is 0 Å². The predicted octanol–water partition coefficient (Wildman–Crippen LogP) is 2.62. The number of imidazole rings is 1. The molecule has 0 aliphatic heterocycles. The zero-order valence-corrected chi connectivity index (χ0v) is 17.0. The van der Waals surface area contributed by atoms with Gasteiger partial charge in [-0.3, -0.25) is 4.79 Å². The lowest BCUT2D eigenvalue weighted by atomic mass is 9.95. The quantitative estimate of drug-likeness (QED) is 0.662. The van der Waals surface area contributed by atoms with Crippen molar-refractivity contribution in [2.75, 3.05) is 6.54 Å². The van der Waals surface area contributed by atoms with Crippen LogP contribution in [0.2, 0.25) is 0 Å². The fraction of sp³-hybridized carbons (Fsp3) is 0.500. The van der Waals surface area contributed by atoms with Crippen LogP contribution in [0.3, 0.4) is 0 Å². The summed E-state index contributed by atoms with van der Waals surface area (Å²) in [5.74, 6) is -0.193. The van der Waals surface area contributed by atoms with Gasteiger partial charge in [-0.2, -0.15) is 0 Å². The monoisotopic (exact) mass is 404 g/mol. The molecular formula is C20H28N4O3S. The Morgan fingerprint density at radius 3 is 2.75 bits per heavy atom. The van der Waals surface area contributed by atoms with E-state index in [-0.39, 0.29) is 16.8 Å². The smallest absolute Gasteiger partial charge is 0.251 e. The first-order chi connectivity index (χ1) is 13.5. The van der Waals surface area contributed by atoms with Crippen molar-refractivity contribution in [1.29, 1.82) is 0 Å². The molecule has 0 radical (unpaired) electrons. The molecule has 152 valence electrons. The van der Waals surface area contributed by atoms with Gasteiger partial charge in [0.15, 0.2) is 0 Å². The maximum Gasteiger partial charge on any atom is 0.251 e. The highest BCUT2D eigenvalue weighted by molar-refractivity contribution is 7.89. The van der Waals surface area contributed by atoms with Gasteiger partial charge in [0.1, 0.15) is 0 Å². The third-order valence-corrected chi connectivity index (χ3v) is 6.61. The summed E-state index contributed by atoms with van der Waals surface area (Å²) in [7, 11) is -3.66. The molecule has 2 N–H and O–H groups in total. The number of nitrogens with one attached hydrogen (secondary N) is 2. The van der Waals surface area contributed by atoms with Crippen molar-refractivity contribution < 1.29 is 13.2 Å². The number of rotatable bonds is 8. The fourth-order valence-electron chi connectivity index (χ4n) is 3.49. The summed E-state index contributed by atoms with van der Waals surface area (Å²) in [6.07, 6.45) is 11.3. The van der Waals surface area contributed by atoms with E-state index in [0.29, 0.717) is 25.1 Å². The Morgan fingerprint density at radius 1 is 1.25 bits per heavy atom. The second kappa shape index (κ2) is 9.34. The van der Waals surface area contributed by atoms with Crippen LogP contribution in [0.15, 0.2) is 41.8 Å². The van der Waals surface area contributed by atoms with E-state index >= 15 is 0 Å². The first-order valence-corrected chi connectivity index (χ1v) is 11.3. The zero-order valence-electron chi connectivity index (χ0n) is 16.2. The Balaban J connectivity index is 1.62. The highest BCUT2D eigenvalue weighted by Gasteiger charge is 2.20. The molecule has 2 aromatic rings. The van der Waals surface area contributed by atoms with Gasteiger partial charge in [-0.25, -0.2) is 18.1 Å². The lowest BCUT2D eigenvalue weighted by Crippen LogP contribution is -2.36. The van der Waals surface area contributed by atoms with Gasteiger partial charge < -0.3 is 9.88 Å². The van der Waals surface area contributed by atoms with Gasteiger partial charge in [-0.1, -0.05) is 25.3 Å². The van der Waals surface area contributed by atoms with Gasteiger partial charge in [0, 0.05) is 37.1 Å². The summed E-state index contributed by atoms with van der Waals surface area (Å²) in [6.45, 7) is 2.83. The van der Waals surface area contributed by atoms with E-state index in [0.717, 1.165) is 31.2 Å². The molecular weight excluding hydrogens is 376 g/mol. The molecule has 28 heavy (non-hydrogen) atoms. The lowest BCUT2D eigenvalue weighted by Gasteiger charge is -2.23. The molecule has 1 aliphatic rings. The number of carbonyl (C=O) groups excluding carboxylic acids is 1. The van der Waals surface area contributed by atoms with Crippen LogP contribution in [0.1, 0.15) is 54.4 Å². The van der Waals surface area contributed by atoms with Crippen LogP contribution in [-0.2, 0) is 16.6 Å². The van der Waals surface area contributed by atoms with E-state index in [1.165, 1.54) is 12.5 Å². The van der Waals surface area contributed by atoms with Crippen molar-refractivity contribution >= 4 is 15.9 Å². The van der Waals surface area contributed by atoms with Crippen LogP contribution < -0.4 is 10.0 Å². The van der Waals surface area contributed by atoms with Gasteiger partial charge in [-0.05, 0) is 43.9 Å². The normalized spacial score (nSPS) is 15.5. The number of aromatic nitrogens is 2. The molecule has 1 saturated carbocycles. The first kappa shape index (κ1) is 20.5. The second-order valence-corrected chi connectivity index (χ2v) is 9.10. The number of aryl methyl sites for hydroxylation is 2. The second-order valence-electron chi connectivity index (χ2n) is 7.34. The van der Waals surface area contributed by atoms with E-state index in [2.05, 4.69) is 15.0 Å². The van der Waals surface area contributed by atoms with E-state index in [4.69, 9.17) is 0 Å². The van der Waals surface area contributed by atoms with Gasteiger partial charge in [0.05, 0.1) is 11.2 Å². The maximum atomic E-state index is 12.7. The third kappa shape index (κ3) is 5.42. The Labute approximate surface area is 166 Å². The van der Waals surface area contributed by atoms with Crippen molar-refractivity contribution in [2.45, 2.75) is 62.9 Å². The van der Waals surface area contributed by atoms with E-state index in [1.807, 2.05) is 17.7 Å². The minimum Gasteiger partial charge on any atom is -0.349 e. The van der Waals surface area contributed by atoms with Crippen LogP contribution in [0.5, 0.6) is 0 Å². The maximum absolute atomic E-state index is 12.7. The highest BCUT2D eigenvalue weighted by atomic mass is 32.2. The highest BCUT2D eigenvalue weighted by Crippen LogP contribution is 2.20. The summed E-state index contributed by atoms with van der Waals surface area (Å²) in [5.41, 5.74) is 1.19. The van der Waals surface area contributed by atoms with Crippen LogP contribution >= 0.6 is 0 Å². The molecule has 7 nitrogen and oxygen atoms in total. The summed E-state index contributed by atoms with van der Waals surface area (Å²) in [6, 6.07) is 4.90. The molecule has 0 atom stereocenters. The van der Waals surface area contributed by atoms with Gasteiger partial charge in [-0.15, -0.1) is 0 Å². The largest absolute Gasteiger partial charge is 0.349 e.